The topological polar surface area (TPSA) is 49.4 Å². The van der Waals surface area contributed by atoms with Crippen LogP contribution in [0.2, 0.25) is 5.02 Å². The maximum atomic E-state index is 13.6. The zero-order valence-electron chi connectivity index (χ0n) is 19.4. The van der Waals surface area contributed by atoms with E-state index in [1.165, 1.54) is 0 Å². The van der Waals surface area contributed by atoms with Gasteiger partial charge in [0.1, 0.15) is 6.04 Å². The predicted molar refractivity (Wildman–Crippen MR) is 134 cm³/mol. The summed E-state index contributed by atoms with van der Waals surface area (Å²) in [5, 5.41) is 3.71. The van der Waals surface area contributed by atoms with Gasteiger partial charge >= 0.3 is 0 Å². The maximum absolute atomic E-state index is 13.6. The molecule has 3 aromatic carbocycles. The van der Waals surface area contributed by atoms with E-state index >= 15 is 0 Å². The number of rotatable bonds is 8. The van der Waals surface area contributed by atoms with Gasteiger partial charge in [0.05, 0.1) is 6.42 Å². The minimum absolute atomic E-state index is 0.0962. The Morgan fingerprint density at radius 3 is 1.91 bits per heavy atom. The molecule has 1 atom stereocenters. The van der Waals surface area contributed by atoms with Gasteiger partial charge in [0.2, 0.25) is 11.8 Å². The molecule has 0 heterocycles. The van der Waals surface area contributed by atoms with Crippen molar-refractivity contribution in [1.82, 2.24) is 10.2 Å². The first-order valence-electron chi connectivity index (χ1n) is 11.1. The molecule has 3 aromatic rings. The molecular formula is C28H31ClN2O2. The maximum Gasteiger partial charge on any atom is 0.243 e. The summed E-state index contributed by atoms with van der Waals surface area (Å²) in [6, 6.07) is 26.2. The van der Waals surface area contributed by atoms with Crippen LogP contribution in [-0.4, -0.2) is 28.3 Å². The van der Waals surface area contributed by atoms with Crippen molar-refractivity contribution < 1.29 is 9.59 Å². The second kappa shape index (κ2) is 11.2. The molecule has 0 saturated heterocycles. The largest absolute Gasteiger partial charge is 0.350 e. The van der Waals surface area contributed by atoms with E-state index in [0.717, 1.165) is 16.7 Å². The molecule has 0 saturated carbocycles. The summed E-state index contributed by atoms with van der Waals surface area (Å²) in [6.07, 6.45) is 0.652. The van der Waals surface area contributed by atoms with Crippen LogP contribution in [0.5, 0.6) is 0 Å². The Hall–Kier alpha value is -3.11. The fraction of sp³-hybridized carbons (Fsp3) is 0.286. The highest BCUT2D eigenvalue weighted by atomic mass is 35.5. The van der Waals surface area contributed by atoms with Crippen LogP contribution in [0.3, 0.4) is 0 Å². The summed E-state index contributed by atoms with van der Waals surface area (Å²) in [6.45, 7) is 6.15. The van der Waals surface area contributed by atoms with Crippen molar-refractivity contribution in [3.8, 4) is 0 Å². The summed E-state index contributed by atoms with van der Waals surface area (Å²) in [5.74, 6) is -0.261. The fourth-order valence-corrected chi connectivity index (χ4v) is 3.79. The van der Waals surface area contributed by atoms with Crippen LogP contribution in [-0.2, 0) is 29.0 Å². The number of carbonyl (C=O) groups is 2. The van der Waals surface area contributed by atoms with Gasteiger partial charge in [0, 0.05) is 23.5 Å². The summed E-state index contributed by atoms with van der Waals surface area (Å²) >= 11 is 6.07. The zero-order valence-corrected chi connectivity index (χ0v) is 20.2. The van der Waals surface area contributed by atoms with Crippen LogP contribution < -0.4 is 5.32 Å². The van der Waals surface area contributed by atoms with Gasteiger partial charge in [0.15, 0.2) is 0 Å². The lowest BCUT2D eigenvalue weighted by molar-refractivity contribution is -0.141. The summed E-state index contributed by atoms with van der Waals surface area (Å²) in [4.78, 5) is 28.8. The van der Waals surface area contributed by atoms with Crippen molar-refractivity contribution in [2.75, 3.05) is 0 Å². The molecular weight excluding hydrogens is 432 g/mol. The van der Waals surface area contributed by atoms with Crippen molar-refractivity contribution >= 4 is 23.4 Å². The Balaban J connectivity index is 1.97. The van der Waals surface area contributed by atoms with Crippen LogP contribution in [0, 0.1) is 0 Å². The molecule has 4 nitrogen and oxygen atoms in total. The normalized spacial score (nSPS) is 12.1. The molecule has 3 rings (SSSR count). The van der Waals surface area contributed by atoms with Crippen molar-refractivity contribution in [2.24, 2.45) is 0 Å². The van der Waals surface area contributed by atoms with Crippen molar-refractivity contribution in [2.45, 2.75) is 51.7 Å². The number of carbonyl (C=O) groups excluding carboxylic acids is 2. The SMILES string of the molecule is CC(C)(C)NC(=O)[C@H](Cc1ccccc1)N(Cc1ccc(Cl)cc1)C(=O)Cc1ccccc1. The lowest BCUT2D eigenvalue weighted by Crippen LogP contribution is -2.54. The lowest BCUT2D eigenvalue weighted by atomic mass is 10.00. The standard InChI is InChI=1S/C28H31ClN2O2/c1-28(2,3)30-27(33)25(18-21-10-6-4-7-11-21)31(20-23-14-16-24(29)17-15-23)26(32)19-22-12-8-5-9-13-22/h4-17,25H,18-20H2,1-3H3,(H,30,33)/t25-/m0/s1. The molecule has 0 aromatic heterocycles. The van der Waals surface area contributed by atoms with E-state index in [0.29, 0.717) is 18.0 Å². The lowest BCUT2D eigenvalue weighted by Gasteiger charge is -2.34. The predicted octanol–water partition coefficient (Wildman–Crippen LogP) is 5.44. The highest BCUT2D eigenvalue weighted by Gasteiger charge is 2.32. The fourth-order valence-electron chi connectivity index (χ4n) is 3.67. The van der Waals surface area contributed by atoms with Gasteiger partial charge < -0.3 is 10.2 Å². The van der Waals surface area contributed by atoms with E-state index in [4.69, 9.17) is 11.6 Å². The van der Waals surface area contributed by atoms with Crippen LogP contribution in [0.4, 0.5) is 0 Å². The molecule has 0 bridgehead atoms. The van der Waals surface area contributed by atoms with Crippen LogP contribution in [0.15, 0.2) is 84.9 Å². The highest BCUT2D eigenvalue weighted by Crippen LogP contribution is 2.19. The number of hydrogen-bond acceptors (Lipinski definition) is 2. The van der Waals surface area contributed by atoms with E-state index in [-0.39, 0.29) is 18.2 Å². The van der Waals surface area contributed by atoms with Crippen LogP contribution in [0.25, 0.3) is 0 Å². The van der Waals surface area contributed by atoms with E-state index in [9.17, 15) is 9.59 Å². The Morgan fingerprint density at radius 1 is 0.818 bits per heavy atom. The Morgan fingerprint density at radius 2 is 1.36 bits per heavy atom. The summed E-state index contributed by atoms with van der Waals surface area (Å²) in [5.41, 5.74) is 2.42. The van der Waals surface area contributed by atoms with Gasteiger partial charge in [0.25, 0.3) is 0 Å². The Kier molecular flexibility index (Phi) is 8.29. The molecule has 0 fully saturated rings. The second-order valence-corrected chi connectivity index (χ2v) is 9.69. The molecule has 0 aliphatic rings. The van der Waals surface area contributed by atoms with Crippen molar-refractivity contribution in [3.05, 3.63) is 107 Å². The van der Waals surface area contributed by atoms with Crippen molar-refractivity contribution in [3.63, 3.8) is 0 Å². The molecule has 172 valence electrons. The first-order valence-corrected chi connectivity index (χ1v) is 11.5. The third kappa shape index (κ3) is 7.76. The molecule has 2 amide bonds. The highest BCUT2D eigenvalue weighted by molar-refractivity contribution is 6.30. The third-order valence-corrected chi connectivity index (χ3v) is 5.49. The van der Waals surface area contributed by atoms with Crippen LogP contribution in [0.1, 0.15) is 37.5 Å². The smallest absolute Gasteiger partial charge is 0.243 e. The number of nitrogens with one attached hydrogen (secondary N) is 1. The molecule has 1 N–H and O–H groups in total. The van der Waals surface area contributed by atoms with E-state index < -0.39 is 11.6 Å². The summed E-state index contributed by atoms with van der Waals surface area (Å²) < 4.78 is 0. The van der Waals surface area contributed by atoms with Gasteiger partial charge in [-0.1, -0.05) is 84.4 Å². The molecule has 0 spiro atoms. The first kappa shape index (κ1) is 24.5. The summed E-state index contributed by atoms with van der Waals surface area (Å²) in [7, 11) is 0. The Bertz CT molecular complexity index is 1040. The number of nitrogens with zero attached hydrogens (tertiary/aromatic N) is 1. The molecule has 5 heteroatoms. The van der Waals surface area contributed by atoms with E-state index in [1.54, 1.807) is 17.0 Å². The first-order chi connectivity index (χ1) is 15.7. The molecule has 0 aliphatic heterocycles. The zero-order chi connectivity index (χ0) is 23.8. The minimum atomic E-state index is -0.654. The number of benzene rings is 3. The van der Waals surface area contributed by atoms with Gasteiger partial charge in [-0.15, -0.1) is 0 Å². The molecule has 0 aliphatic carbocycles. The van der Waals surface area contributed by atoms with Crippen LogP contribution >= 0.6 is 11.6 Å². The quantitative estimate of drug-likeness (QED) is 0.484. The molecule has 33 heavy (non-hydrogen) atoms. The number of halogens is 1. The van der Waals surface area contributed by atoms with Gasteiger partial charge in [-0.25, -0.2) is 0 Å². The molecule has 0 unspecified atom stereocenters. The van der Waals surface area contributed by atoms with Gasteiger partial charge in [-0.2, -0.15) is 0 Å². The number of amides is 2. The molecule has 0 radical (unpaired) electrons. The average Bonchev–Trinajstić information content (AvgIpc) is 2.77. The average molecular weight is 463 g/mol. The Labute approximate surface area is 201 Å². The minimum Gasteiger partial charge on any atom is -0.350 e. The number of hydrogen-bond donors (Lipinski definition) is 1. The van der Waals surface area contributed by atoms with E-state index in [2.05, 4.69) is 5.32 Å². The van der Waals surface area contributed by atoms with Gasteiger partial charge in [-0.05, 0) is 49.6 Å². The third-order valence-electron chi connectivity index (χ3n) is 5.23. The monoisotopic (exact) mass is 462 g/mol. The van der Waals surface area contributed by atoms with E-state index in [1.807, 2.05) is 93.6 Å². The second-order valence-electron chi connectivity index (χ2n) is 9.26. The van der Waals surface area contributed by atoms with Crippen molar-refractivity contribution in [1.29, 1.82) is 0 Å². The van der Waals surface area contributed by atoms with Gasteiger partial charge in [-0.3, -0.25) is 9.59 Å².